The molecule has 19 heavy (non-hydrogen) atoms. The highest BCUT2D eigenvalue weighted by Crippen LogP contribution is 2.31. The zero-order valence-electron chi connectivity index (χ0n) is 12.0. The molecule has 0 aromatic heterocycles. The molecule has 0 unspecified atom stereocenters. The zero-order valence-corrected chi connectivity index (χ0v) is 12.0. The standard InChI is InChI=1S/C16H25N3/c1-3-12-7-9-14(10-8-12)19(2)15-6-4-5-13(11-15)16(17)18/h4-6,11-12,14H,3,7-10H2,1-2H3,(H3,17,18). The topological polar surface area (TPSA) is 53.1 Å². The van der Waals surface area contributed by atoms with Gasteiger partial charge in [-0.3, -0.25) is 5.41 Å². The van der Waals surface area contributed by atoms with Crippen molar-refractivity contribution in [1.82, 2.24) is 0 Å². The predicted octanol–water partition coefficient (Wildman–Crippen LogP) is 3.38. The van der Waals surface area contributed by atoms with Gasteiger partial charge in [0.05, 0.1) is 0 Å². The van der Waals surface area contributed by atoms with Crippen LogP contribution in [-0.2, 0) is 0 Å². The molecule has 0 saturated heterocycles. The van der Waals surface area contributed by atoms with Crippen molar-refractivity contribution < 1.29 is 0 Å². The molecule has 1 aromatic carbocycles. The fourth-order valence-corrected chi connectivity index (χ4v) is 3.04. The highest BCUT2D eigenvalue weighted by molar-refractivity contribution is 5.95. The number of anilines is 1. The van der Waals surface area contributed by atoms with Crippen molar-refractivity contribution in [2.24, 2.45) is 11.7 Å². The van der Waals surface area contributed by atoms with Crippen LogP contribution in [0, 0.1) is 11.3 Å². The van der Waals surface area contributed by atoms with Gasteiger partial charge in [-0.2, -0.15) is 0 Å². The summed E-state index contributed by atoms with van der Waals surface area (Å²) in [5, 5.41) is 7.53. The van der Waals surface area contributed by atoms with E-state index in [1.807, 2.05) is 18.2 Å². The van der Waals surface area contributed by atoms with Crippen LogP contribution in [0.4, 0.5) is 5.69 Å². The summed E-state index contributed by atoms with van der Waals surface area (Å²) in [6.07, 6.45) is 6.56. The first-order chi connectivity index (χ1) is 9.11. The van der Waals surface area contributed by atoms with Crippen molar-refractivity contribution in [1.29, 1.82) is 5.41 Å². The SMILES string of the molecule is CCC1CCC(N(C)c2cccc(C(=N)N)c2)CC1. The Bertz CT molecular complexity index is 433. The van der Waals surface area contributed by atoms with Gasteiger partial charge in [0.25, 0.3) is 0 Å². The molecule has 1 aliphatic rings. The minimum atomic E-state index is 0.143. The van der Waals surface area contributed by atoms with E-state index in [0.717, 1.165) is 11.5 Å². The van der Waals surface area contributed by atoms with Crippen LogP contribution in [0.25, 0.3) is 0 Å². The van der Waals surface area contributed by atoms with Crippen molar-refractivity contribution in [2.75, 3.05) is 11.9 Å². The first kappa shape index (κ1) is 13.9. The average molecular weight is 259 g/mol. The lowest BCUT2D eigenvalue weighted by Gasteiger charge is -2.36. The van der Waals surface area contributed by atoms with E-state index in [2.05, 4.69) is 24.9 Å². The lowest BCUT2D eigenvalue weighted by molar-refractivity contribution is 0.313. The van der Waals surface area contributed by atoms with Crippen molar-refractivity contribution in [2.45, 2.75) is 45.1 Å². The van der Waals surface area contributed by atoms with Gasteiger partial charge in [0.1, 0.15) is 5.84 Å². The van der Waals surface area contributed by atoms with E-state index in [1.54, 1.807) is 0 Å². The molecule has 0 radical (unpaired) electrons. The van der Waals surface area contributed by atoms with Gasteiger partial charge < -0.3 is 10.6 Å². The number of nitrogens with zero attached hydrogens (tertiary/aromatic N) is 1. The first-order valence-corrected chi connectivity index (χ1v) is 7.29. The van der Waals surface area contributed by atoms with Crippen LogP contribution in [-0.4, -0.2) is 18.9 Å². The number of amidine groups is 1. The highest BCUT2D eigenvalue weighted by atomic mass is 15.1. The van der Waals surface area contributed by atoms with Gasteiger partial charge in [-0.1, -0.05) is 25.5 Å². The summed E-state index contributed by atoms with van der Waals surface area (Å²) in [6, 6.07) is 8.64. The van der Waals surface area contributed by atoms with Crippen LogP contribution in [0.3, 0.4) is 0 Å². The van der Waals surface area contributed by atoms with Crippen molar-refractivity contribution in [3.63, 3.8) is 0 Å². The van der Waals surface area contributed by atoms with E-state index in [-0.39, 0.29) is 5.84 Å². The number of nitrogen functional groups attached to an aromatic ring is 1. The molecule has 2 rings (SSSR count). The second kappa shape index (κ2) is 6.09. The van der Waals surface area contributed by atoms with Gasteiger partial charge >= 0.3 is 0 Å². The molecular weight excluding hydrogens is 234 g/mol. The summed E-state index contributed by atoms with van der Waals surface area (Å²) in [5.74, 6) is 1.07. The van der Waals surface area contributed by atoms with Crippen LogP contribution in [0.5, 0.6) is 0 Å². The zero-order chi connectivity index (χ0) is 13.8. The van der Waals surface area contributed by atoms with E-state index >= 15 is 0 Å². The summed E-state index contributed by atoms with van der Waals surface area (Å²) in [5.41, 5.74) is 7.55. The first-order valence-electron chi connectivity index (χ1n) is 7.29. The molecule has 0 atom stereocenters. The summed E-state index contributed by atoms with van der Waals surface area (Å²) >= 11 is 0. The van der Waals surface area contributed by atoms with Crippen LogP contribution >= 0.6 is 0 Å². The smallest absolute Gasteiger partial charge is 0.122 e. The van der Waals surface area contributed by atoms with E-state index < -0.39 is 0 Å². The predicted molar refractivity (Wildman–Crippen MR) is 81.9 cm³/mol. The molecule has 0 bridgehead atoms. The monoisotopic (exact) mass is 259 g/mol. The van der Waals surface area contributed by atoms with Crippen LogP contribution in [0.1, 0.15) is 44.6 Å². The minimum Gasteiger partial charge on any atom is -0.384 e. The van der Waals surface area contributed by atoms with Gasteiger partial charge in [-0.25, -0.2) is 0 Å². The molecule has 0 spiro atoms. The van der Waals surface area contributed by atoms with Crippen molar-refractivity contribution in [3.05, 3.63) is 29.8 Å². The largest absolute Gasteiger partial charge is 0.384 e. The minimum absolute atomic E-state index is 0.143. The number of nitrogens with one attached hydrogen (secondary N) is 1. The molecule has 0 aliphatic heterocycles. The second-order valence-electron chi connectivity index (χ2n) is 5.66. The Kier molecular flexibility index (Phi) is 4.46. The normalized spacial score (nSPS) is 23.1. The third-order valence-electron chi connectivity index (χ3n) is 4.51. The molecule has 0 amide bonds. The van der Waals surface area contributed by atoms with E-state index in [1.165, 1.54) is 37.8 Å². The Balaban J connectivity index is 2.05. The Hall–Kier alpha value is -1.51. The van der Waals surface area contributed by atoms with Gasteiger partial charge in [-0.15, -0.1) is 0 Å². The van der Waals surface area contributed by atoms with Crippen molar-refractivity contribution in [3.8, 4) is 0 Å². The fourth-order valence-electron chi connectivity index (χ4n) is 3.04. The molecule has 104 valence electrons. The maximum Gasteiger partial charge on any atom is 0.122 e. The van der Waals surface area contributed by atoms with Gasteiger partial charge in [0, 0.05) is 24.3 Å². The lowest BCUT2D eigenvalue weighted by Crippen LogP contribution is -2.35. The summed E-state index contributed by atoms with van der Waals surface area (Å²) < 4.78 is 0. The number of benzene rings is 1. The Labute approximate surface area is 116 Å². The quantitative estimate of drug-likeness (QED) is 0.643. The maximum absolute atomic E-state index is 7.53. The van der Waals surface area contributed by atoms with Crippen molar-refractivity contribution >= 4 is 11.5 Å². The summed E-state index contributed by atoms with van der Waals surface area (Å²) in [7, 11) is 2.16. The van der Waals surface area contributed by atoms with Gasteiger partial charge in [0.2, 0.25) is 0 Å². The van der Waals surface area contributed by atoms with E-state index in [4.69, 9.17) is 11.1 Å². The molecule has 1 fully saturated rings. The molecule has 3 heteroatoms. The lowest BCUT2D eigenvalue weighted by atomic mass is 9.84. The van der Waals surface area contributed by atoms with Crippen LogP contribution < -0.4 is 10.6 Å². The summed E-state index contributed by atoms with van der Waals surface area (Å²) in [6.45, 7) is 2.30. The Morgan fingerprint density at radius 1 is 1.32 bits per heavy atom. The third kappa shape index (κ3) is 3.28. The Morgan fingerprint density at radius 2 is 2.00 bits per heavy atom. The molecule has 1 saturated carbocycles. The number of hydrogen-bond acceptors (Lipinski definition) is 2. The number of rotatable bonds is 4. The molecule has 1 aliphatic carbocycles. The summed E-state index contributed by atoms with van der Waals surface area (Å²) in [4.78, 5) is 2.36. The number of nitrogens with two attached hydrogens (primary N) is 1. The third-order valence-corrected chi connectivity index (χ3v) is 4.51. The molecule has 3 nitrogen and oxygen atoms in total. The highest BCUT2D eigenvalue weighted by Gasteiger charge is 2.23. The second-order valence-corrected chi connectivity index (χ2v) is 5.66. The molecule has 0 heterocycles. The fraction of sp³-hybridized carbons (Fsp3) is 0.562. The molecule has 3 N–H and O–H groups in total. The van der Waals surface area contributed by atoms with E-state index in [0.29, 0.717) is 6.04 Å². The van der Waals surface area contributed by atoms with Crippen LogP contribution in [0.15, 0.2) is 24.3 Å². The van der Waals surface area contributed by atoms with Gasteiger partial charge in [0.15, 0.2) is 0 Å². The number of hydrogen-bond donors (Lipinski definition) is 2. The van der Waals surface area contributed by atoms with Crippen LogP contribution in [0.2, 0.25) is 0 Å². The average Bonchev–Trinajstić information content (AvgIpc) is 2.46. The Morgan fingerprint density at radius 3 is 2.58 bits per heavy atom. The maximum atomic E-state index is 7.53. The van der Waals surface area contributed by atoms with Gasteiger partial charge in [-0.05, 0) is 43.7 Å². The molecule has 1 aromatic rings. The van der Waals surface area contributed by atoms with E-state index in [9.17, 15) is 0 Å². The molecular formula is C16H25N3.